The Hall–Kier alpha value is -2.11. The average Bonchev–Trinajstić information content (AvgIpc) is 2.23. The van der Waals surface area contributed by atoms with Crippen molar-refractivity contribution in [1.82, 2.24) is 10.6 Å². The Kier molecular flexibility index (Phi) is 4.47. The molecule has 104 valence electrons. The van der Waals surface area contributed by atoms with E-state index in [-0.39, 0.29) is 23.6 Å². The number of phenols is 1. The third kappa shape index (κ3) is 4.95. The van der Waals surface area contributed by atoms with Crippen molar-refractivity contribution in [3.63, 3.8) is 0 Å². The molecule has 0 radical (unpaired) electrons. The van der Waals surface area contributed by atoms with Crippen LogP contribution in [0.1, 0.15) is 31.1 Å². The number of halogens is 1. The third-order valence-electron chi connectivity index (χ3n) is 2.13. The molecule has 0 heterocycles. The van der Waals surface area contributed by atoms with Crippen LogP contribution in [-0.2, 0) is 4.79 Å². The summed E-state index contributed by atoms with van der Waals surface area (Å²) in [5, 5.41) is 14.4. The molecule has 0 spiro atoms. The van der Waals surface area contributed by atoms with Crippen molar-refractivity contribution in [3.05, 3.63) is 29.6 Å². The van der Waals surface area contributed by atoms with Crippen LogP contribution < -0.4 is 10.6 Å². The summed E-state index contributed by atoms with van der Waals surface area (Å²) in [7, 11) is 0. The van der Waals surface area contributed by atoms with Gasteiger partial charge in [0.1, 0.15) is 11.6 Å². The molecule has 0 fully saturated rings. The molecular weight excluding hydrogens is 251 g/mol. The minimum Gasteiger partial charge on any atom is -0.507 e. The van der Waals surface area contributed by atoms with Gasteiger partial charge in [-0.15, -0.1) is 0 Å². The van der Waals surface area contributed by atoms with E-state index in [4.69, 9.17) is 0 Å². The number of carbonyl (C=O) groups is 2. The Morgan fingerprint density at radius 3 is 2.47 bits per heavy atom. The van der Waals surface area contributed by atoms with Crippen LogP contribution in [0, 0.1) is 5.82 Å². The van der Waals surface area contributed by atoms with Gasteiger partial charge in [0.05, 0.1) is 12.1 Å². The Balaban J connectivity index is 2.59. The first kappa shape index (κ1) is 14.9. The van der Waals surface area contributed by atoms with Gasteiger partial charge in [-0.25, -0.2) is 4.39 Å². The lowest BCUT2D eigenvalue weighted by atomic mass is 10.1. The first-order valence-electron chi connectivity index (χ1n) is 5.77. The maximum atomic E-state index is 12.8. The van der Waals surface area contributed by atoms with E-state index >= 15 is 0 Å². The number of hydrogen-bond donors (Lipinski definition) is 3. The highest BCUT2D eigenvalue weighted by Gasteiger charge is 2.16. The van der Waals surface area contributed by atoms with Crippen molar-refractivity contribution in [2.45, 2.75) is 26.3 Å². The summed E-state index contributed by atoms with van der Waals surface area (Å²) in [6.45, 7) is 5.24. The number of amides is 2. The fraction of sp³-hybridized carbons (Fsp3) is 0.385. The van der Waals surface area contributed by atoms with Crippen molar-refractivity contribution in [3.8, 4) is 5.75 Å². The number of benzene rings is 1. The van der Waals surface area contributed by atoms with Crippen LogP contribution in [0.2, 0.25) is 0 Å². The molecule has 2 amide bonds. The van der Waals surface area contributed by atoms with Crippen LogP contribution in [-0.4, -0.2) is 29.0 Å². The lowest BCUT2D eigenvalue weighted by Gasteiger charge is -2.20. The summed E-state index contributed by atoms with van der Waals surface area (Å²) in [5.41, 5.74) is -0.468. The van der Waals surface area contributed by atoms with E-state index in [0.29, 0.717) is 0 Å². The molecule has 0 aliphatic rings. The summed E-state index contributed by atoms with van der Waals surface area (Å²) < 4.78 is 12.8. The lowest BCUT2D eigenvalue weighted by Crippen LogP contribution is -2.45. The molecular formula is C13H17FN2O3. The van der Waals surface area contributed by atoms with Crippen LogP contribution in [0.4, 0.5) is 4.39 Å². The second-order valence-corrected chi connectivity index (χ2v) is 5.14. The van der Waals surface area contributed by atoms with E-state index in [0.717, 1.165) is 18.2 Å². The molecule has 0 aromatic heterocycles. The van der Waals surface area contributed by atoms with Gasteiger partial charge in [0.15, 0.2) is 0 Å². The molecule has 19 heavy (non-hydrogen) atoms. The zero-order valence-electron chi connectivity index (χ0n) is 11.1. The predicted molar refractivity (Wildman–Crippen MR) is 68.3 cm³/mol. The van der Waals surface area contributed by atoms with Gasteiger partial charge in [0.25, 0.3) is 5.91 Å². The van der Waals surface area contributed by atoms with E-state index in [2.05, 4.69) is 10.6 Å². The zero-order valence-corrected chi connectivity index (χ0v) is 11.1. The highest BCUT2D eigenvalue weighted by atomic mass is 19.1. The Morgan fingerprint density at radius 2 is 1.95 bits per heavy atom. The molecule has 0 bridgehead atoms. The number of phenolic OH excluding ortho intramolecular Hbond substituents is 1. The third-order valence-corrected chi connectivity index (χ3v) is 2.13. The monoisotopic (exact) mass is 268 g/mol. The molecule has 0 aliphatic carbocycles. The molecule has 0 saturated carbocycles. The fourth-order valence-electron chi connectivity index (χ4n) is 1.42. The van der Waals surface area contributed by atoms with Gasteiger partial charge < -0.3 is 15.7 Å². The average molecular weight is 268 g/mol. The number of aromatic hydroxyl groups is 1. The van der Waals surface area contributed by atoms with Gasteiger partial charge in [-0.2, -0.15) is 0 Å². The Morgan fingerprint density at radius 1 is 1.32 bits per heavy atom. The van der Waals surface area contributed by atoms with Gasteiger partial charge in [0, 0.05) is 11.6 Å². The van der Waals surface area contributed by atoms with E-state index in [9.17, 15) is 19.1 Å². The van der Waals surface area contributed by atoms with Crippen LogP contribution >= 0.6 is 0 Å². The summed E-state index contributed by atoms with van der Waals surface area (Å²) in [4.78, 5) is 23.2. The summed E-state index contributed by atoms with van der Waals surface area (Å²) in [5.74, 6) is -2.09. The number of nitrogens with one attached hydrogen (secondary N) is 2. The molecule has 3 N–H and O–H groups in total. The van der Waals surface area contributed by atoms with Crippen LogP contribution in [0.5, 0.6) is 5.75 Å². The van der Waals surface area contributed by atoms with Crippen molar-refractivity contribution in [1.29, 1.82) is 0 Å². The second-order valence-electron chi connectivity index (χ2n) is 5.14. The second kappa shape index (κ2) is 5.69. The van der Waals surface area contributed by atoms with Gasteiger partial charge in [-0.05, 0) is 32.9 Å². The fourth-order valence-corrected chi connectivity index (χ4v) is 1.42. The molecule has 5 nitrogen and oxygen atoms in total. The number of rotatable bonds is 3. The zero-order chi connectivity index (χ0) is 14.6. The molecule has 0 saturated heterocycles. The molecule has 0 unspecified atom stereocenters. The Bertz CT molecular complexity index is 495. The van der Waals surface area contributed by atoms with Crippen molar-refractivity contribution >= 4 is 11.8 Å². The number of hydrogen-bond acceptors (Lipinski definition) is 3. The van der Waals surface area contributed by atoms with Crippen molar-refractivity contribution in [2.24, 2.45) is 0 Å². The van der Waals surface area contributed by atoms with Crippen molar-refractivity contribution < 1.29 is 19.1 Å². The van der Waals surface area contributed by atoms with Crippen LogP contribution in [0.15, 0.2) is 18.2 Å². The quantitative estimate of drug-likeness (QED) is 0.770. The Labute approximate surface area is 110 Å². The van der Waals surface area contributed by atoms with Crippen LogP contribution in [0.3, 0.4) is 0 Å². The van der Waals surface area contributed by atoms with E-state index in [1.165, 1.54) is 0 Å². The predicted octanol–water partition coefficient (Wildman–Crippen LogP) is 1.18. The minimum absolute atomic E-state index is 0.0787. The highest BCUT2D eigenvalue weighted by Crippen LogP contribution is 2.17. The minimum atomic E-state index is -0.639. The topological polar surface area (TPSA) is 78.4 Å². The number of carbonyl (C=O) groups excluding carboxylic acids is 2. The lowest BCUT2D eigenvalue weighted by molar-refractivity contribution is -0.121. The first-order chi connectivity index (χ1) is 8.69. The van der Waals surface area contributed by atoms with E-state index in [1.807, 2.05) is 20.8 Å². The molecule has 1 aromatic carbocycles. The highest BCUT2D eigenvalue weighted by molar-refractivity contribution is 5.98. The molecule has 6 heteroatoms. The van der Waals surface area contributed by atoms with Gasteiger partial charge >= 0.3 is 0 Å². The van der Waals surface area contributed by atoms with Crippen LogP contribution in [0.25, 0.3) is 0 Å². The molecule has 0 atom stereocenters. The normalized spacial score (nSPS) is 10.9. The smallest absolute Gasteiger partial charge is 0.255 e. The molecule has 1 rings (SSSR count). The van der Waals surface area contributed by atoms with Gasteiger partial charge in [-0.1, -0.05) is 0 Å². The molecule has 1 aromatic rings. The summed E-state index contributed by atoms with van der Waals surface area (Å²) >= 11 is 0. The van der Waals surface area contributed by atoms with Gasteiger partial charge in [0.2, 0.25) is 5.91 Å². The largest absolute Gasteiger partial charge is 0.507 e. The van der Waals surface area contributed by atoms with E-state index < -0.39 is 17.5 Å². The van der Waals surface area contributed by atoms with Gasteiger partial charge in [-0.3, -0.25) is 9.59 Å². The van der Waals surface area contributed by atoms with E-state index in [1.54, 1.807) is 0 Å². The SMILES string of the molecule is CC(C)(C)NC(=O)CNC(=O)c1ccc(F)cc1O. The maximum absolute atomic E-state index is 12.8. The molecule has 0 aliphatic heterocycles. The summed E-state index contributed by atoms with van der Waals surface area (Å²) in [6.07, 6.45) is 0. The summed E-state index contributed by atoms with van der Waals surface area (Å²) in [6, 6.07) is 3.05. The maximum Gasteiger partial charge on any atom is 0.255 e. The van der Waals surface area contributed by atoms with Crippen molar-refractivity contribution in [2.75, 3.05) is 6.54 Å². The standard InChI is InChI=1S/C13H17FN2O3/c1-13(2,3)16-11(18)7-15-12(19)9-5-4-8(14)6-10(9)17/h4-6,17H,7H2,1-3H3,(H,15,19)(H,16,18). The first-order valence-corrected chi connectivity index (χ1v) is 5.77.